The van der Waals surface area contributed by atoms with Crippen LogP contribution >= 0.6 is 11.8 Å². The molecule has 4 aliphatic rings. The Hall–Kier alpha value is -2.85. The lowest BCUT2D eigenvalue weighted by Crippen LogP contribution is -2.33. The predicted molar refractivity (Wildman–Crippen MR) is 141 cm³/mol. The summed E-state index contributed by atoms with van der Waals surface area (Å²) < 4.78 is 6.40. The first-order valence-corrected chi connectivity index (χ1v) is 13.4. The number of ketones is 1. The summed E-state index contributed by atoms with van der Waals surface area (Å²) in [5.41, 5.74) is 3.07. The van der Waals surface area contributed by atoms with Gasteiger partial charge in [0.2, 0.25) is 5.88 Å². The third-order valence-electron chi connectivity index (χ3n) is 7.20. The number of nitrogens with zero attached hydrogens (tertiary/aromatic N) is 1. The number of hydrogen-bond donors (Lipinski definition) is 0. The molecule has 2 unspecified atom stereocenters. The van der Waals surface area contributed by atoms with E-state index in [4.69, 9.17) is 9.72 Å². The molecule has 0 saturated carbocycles. The first-order valence-electron chi connectivity index (χ1n) is 12.6. The van der Waals surface area contributed by atoms with E-state index in [1.165, 1.54) is 42.9 Å². The summed E-state index contributed by atoms with van der Waals surface area (Å²) in [7, 11) is 0. The first kappa shape index (κ1) is 21.7. The second-order valence-corrected chi connectivity index (χ2v) is 10.6. The predicted octanol–water partition coefficient (Wildman–Crippen LogP) is 5.81. The quantitative estimate of drug-likeness (QED) is 0.459. The number of allylic oxidation sites excluding steroid dienone is 7. The normalized spacial score (nSPS) is 21.3. The van der Waals surface area contributed by atoms with E-state index in [0.29, 0.717) is 6.61 Å². The molecule has 0 N–H and O–H groups in total. The number of carbonyl (C=O) groups excluding carboxylic acids is 1. The van der Waals surface area contributed by atoms with Gasteiger partial charge in [-0.05, 0) is 22.8 Å². The Morgan fingerprint density at radius 2 is 1.71 bits per heavy atom. The second-order valence-electron chi connectivity index (χ2n) is 9.40. The van der Waals surface area contributed by atoms with Gasteiger partial charge in [0.1, 0.15) is 0 Å². The van der Waals surface area contributed by atoms with E-state index >= 15 is 0 Å². The molecule has 1 aliphatic heterocycles. The van der Waals surface area contributed by atoms with Crippen molar-refractivity contribution >= 4 is 39.5 Å². The Labute approximate surface area is 204 Å². The van der Waals surface area contributed by atoms with Crippen LogP contribution in [0.3, 0.4) is 0 Å². The molecular weight excluding hydrogens is 438 g/mol. The molecule has 0 fully saturated rings. The van der Waals surface area contributed by atoms with Crippen molar-refractivity contribution in [3.8, 4) is 5.88 Å². The Kier molecular flexibility index (Phi) is 5.78. The molecule has 34 heavy (non-hydrogen) atoms. The molecule has 4 heteroatoms. The third kappa shape index (κ3) is 3.51. The number of pyridine rings is 1. The number of aromatic nitrogens is 1. The summed E-state index contributed by atoms with van der Waals surface area (Å²) >= 11 is 1.80. The van der Waals surface area contributed by atoms with Crippen molar-refractivity contribution in [2.45, 2.75) is 55.6 Å². The molecule has 1 aromatic heterocycles. The Morgan fingerprint density at radius 3 is 2.59 bits per heavy atom. The highest BCUT2D eigenvalue weighted by atomic mass is 32.2. The molecule has 0 spiro atoms. The van der Waals surface area contributed by atoms with Crippen molar-refractivity contribution < 1.29 is 9.53 Å². The number of rotatable bonds is 8. The zero-order valence-corrected chi connectivity index (χ0v) is 20.4. The van der Waals surface area contributed by atoms with Gasteiger partial charge < -0.3 is 4.74 Å². The van der Waals surface area contributed by atoms with E-state index in [2.05, 4.69) is 43.4 Å². The zero-order valence-electron chi connectivity index (χ0n) is 19.5. The van der Waals surface area contributed by atoms with Gasteiger partial charge in [0.15, 0.2) is 5.78 Å². The Bertz CT molecular complexity index is 1430. The topological polar surface area (TPSA) is 39.2 Å². The molecule has 0 bridgehead atoms. The van der Waals surface area contributed by atoms with Gasteiger partial charge in [-0.15, -0.1) is 11.8 Å². The van der Waals surface area contributed by atoms with Crippen LogP contribution in [0.1, 0.15) is 55.8 Å². The number of hydrogen-bond acceptors (Lipinski definition) is 4. The van der Waals surface area contributed by atoms with Crippen LogP contribution in [0.15, 0.2) is 65.6 Å². The molecule has 2 atom stereocenters. The summed E-state index contributed by atoms with van der Waals surface area (Å²) in [4.78, 5) is 19.6. The van der Waals surface area contributed by atoms with Gasteiger partial charge >= 0.3 is 0 Å². The van der Waals surface area contributed by atoms with Crippen LogP contribution in [0.4, 0.5) is 0 Å². The third-order valence-corrected chi connectivity index (χ3v) is 8.47. The summed E-state index contributed by atoms with van der Waals surface area (Å²) in [6.45, 7) is 2.93. The van der Waals surface area contributed by atoms with Gasteiger partial charge in [-0.2, -0.15) is 0 Å². The van der Waals surface area contributed by atoms with Crippen molar-refractivity contribution in [3.05, 3.63) is 76.9 Å². The average molecular weight is 468 g/mol. The molecule has 2 aromatic rings. The molecule has 2 heterocycles. The maximum atomic E-state index is 13.4. The first-order chi connectivity index (χ1) is 16.8. The maximum absolute atomic E-state index is 13.4. The van der Waals surface area contributed by atoms with Crippen molar-refractivity contribution in [1.29, 1.82) is 0 Å². The minimum Gasteiger partial charge on any atom is -0.477 e. The van der Waals surface area contributed by atoms with Crippen LogP contribution < -0.4 is 15.3 Å². The number of ether oxygens (including phenoxy) is 1. The number of unbranched alkanes of at least 4 members (excludes halogenated alkanes) is 5. The number of fused-ring (bicyclic) bond motifs is 2. The summed E-state index contributed by atoms with van der Waals surface area (Å²) in [5, 5.41) is 4.49. The molecule has 1 aromatic carbocycles. The van der Waals surface area contributed by atoms with E-state index in [1.54, 1.807) is 11.8 Å². The van der Waals surface area contributed by atoms with E-state index in [-0.39, 0.29) is 17.0 Å². The van der Waals surface area contributed by atoms with Crippen molar-refractivity contribution in [2.24, 2.45) is 5.92 Å². The highest BCUT2D eigenvalue weighted by Crippen LogP contribution is 2.44. The minimum absolute atomic E-state index is 0.166. The van der Waals surface area contributed by atoms with E-state index in [1.807, 2.05) is 24.3 Å². The van der Waals surface area contributed by atoms with Crippen LogP contribution in [0.5, 0.6) is 5.88 Å². The highest BCUT2D eigenvalue weighted by Gasteiger charge is 2.34. The SMILES string of the molecule is CCCCCCCCOc1nc2c3c(ccc4c3c1SC1C=CC=CC=41)C(=O)C1C=CC=CC=21. The van der Waals surface area contributed by atoms with Gasteiger partial charge in [0.25, 0.3) is 0 Å². The number of Topliss-reactive ketones (excluding diaryl/α,β-unsaturated/α-hetero) is 1. The lowest BCUT2D eigenvalue weighted by Gasteiger charge is -2.28. The molecule has 3 nitrogen and oxygen atoms in total. The van der Waals surface area contributed by atoms with Gasteiger partial charge in [0.05, 0.1) is 28.0 Å². The Balaban J connectivity index is 1.51. The molecule has 0 saturated heterocycles. The monoisotopic (exact) mass is 467 g/mol. The standard InChI is InChI=1S/C30H29NO2S/c1-2-3-4-5-6-11-18-33-30-29-26-20(19-12-9-10-15-24(19)34-29)16-17-23-25(26)27(31-30)21-13-7-8-14-22(21)28(23)32/h7-10,12-17,22,24H,2-6,11,18H2,1H3. The lowest BCUT2D eigenvalue weighted by molar-refractivity contribution is 0.0968. The molecule has 0 radical (unpaired) electrons. The van der Waals surface area contributed by atoms with Gasteiger partial charge in [0, 0.05) is 16.3 Å². The Morgan fingerprint density at radius 1 is 0.912 bits per heavy atom. The van der Waals surface area contributed by atoms with Crippen molar-refractivity contribution in [3.63, 3.8) is 0 Å². The summed E-state index contributed by atoms with van der Waals surface area (Å²) in [5.74, 6) is 0.634. The fourth-order valence-corrected chi connectivity index (χ4v) is 6.76. The number of thioether (sulfide) groups is 1. The van der Waals surface area contributed by atoms with Crippen molar-refractivity contribution in [2.75, 3.05) is 6.61 Å². The van der Waals surface area contributed by atoms with Crippen LogP contribution in [0.2, 0.25) is 0 Å². The van der Waals surface area contributed by atoms with Crippen LogP contribution in [0.25, 0.3) is 21.9 Å². The van der Waals surface area contributed by atoms with Crippen LogP contribution in [-0.2, 0) is 0 Å². The molecule has 0 amide bonds. The smallest absolute Gasteiger partial charge is 0.228 e. The van der Waals surface area contributed by atoms with E-state index in [9.17, 15) is 4.79 Å². The van der Waals surface area contributed by atoms with Crippen LogP contribution in [-0.4, -0.2) is 22.6 Å². The van der Waals surface area contributed by atoms with Gasteiger partial charge in [-0.1, -0.05) is 99.8 Å². The number of carbonyl (C=O) groups is 1. The molecule has 3 aliphatic carbocycles. The molecular formula is C30H29NO2S. The summed E-state index contributed by atoms with van der Waals surface area (Å²) in [6, 6.07) is 4.15. The van der Waals surface area contributed by atoms with E-state index < -0.39 is 0 Å². The number of benzene rings is 1. The lowest BCUT2D eigenvalue weighted by atomic mass is 9.80. The van der Waals surface area contributed by atoms with Crippen molar-refractivity contribution in [1.82, 2.24) is 4.98 Å². The second kappa shape index (κ2) is 9.07. The van der Waals surface area contributed by atoms with Gasteiger partial charge in [-0.25, -0.2) is 4.98 Å². The molecule has 172 valence electrons. The van der Waals surface area contributed by atoms with E-state index in [0.717, 1.165) is 44.5 Å². The van der Waals surface area contributed by atoms with Gasteiger partial charge in [-0.3, -0.25) is 4.79 Å². The largest absolute Gasteiger partial charge is 0.477 e. The molecule has 6 rings (SSSR count). The van der Waals surface area contributed by atoms with Crippen LogP contribution in [0, 0.1) is 5.92 Å². The fraction of sp³-hybridized carbons (Fsp3) is 0.333. The highest BCUT2D eigenvalue weighted by molar-refractivity contribution is 8.01. The zero-order chi connectivity index (χ0) is 23.1. The minimum atomic E-state index is -0.259. The fourth-order valence-electron chi connectivity index (χ4n) is 5.47. The summed E-state index contributed by atoms with van der Waals surface area (Å²) in [6.07, 6.45) is 24.0. The average Bonchev–Trinajstić information content (AvgIpc) is 2.88. The maximum Gasteiger partial charge on any atom is 0.228 e.